The van der Waals surface area contributed by atoms with Crippen LogP contribution in [0.2, 0.25) is 0 Å². The smallest absolute Gasteiger partial charge is 0.0376 e. The van der Waals surface area contributed by atoms with E-state index in [0.717, 1.165) is 11.1 Å². The summed E-state index contributed by atoms with van der Waals surface area (Å²) >= 11 is 0. The minimum absolute atomic E-state index is 0.501. The van der Waals surface area contributed by atoms with Gasteiger partial charge in [0.2, 0.25) is 0 Å². The van der Waals surface area contributed by atoms with Gasteiger partial charge in [0.1, 0.15) is 0 Å². The van der Waals surface area contributed by atoms with Gasteiger partial charge in [-0.1, -0.05) is 29.8 Å². The lowest BCUT2D eigenvalue weighted by Gasteiger charge is -2.04. The Morgan fingerprint density at radius 1 is 1.36 bits per heavy atom. The highest BCUT2D eigenvalue weighted by atomic mass is 14.6. The molecule has 1 aromatic carbocycles. The molecule has 2 nitrogen and oxygen atoms in total. The molecule has 1 N–H and O–H groups in total. The van der Waals surface area contributed by atoms with Gasteiger partial charge in [-0.3, -0.25) is 4.99 Å². The van der Waals surface area contributed by atoms with Gasteiger partial charge in [0.15, 0.2) is 0 Å². The fourth-order valence-corrected chi connectivity index (χ4v) is 1.21. The number of hydrogen-bond donors (Lipinski definition) is 1. The Hall–Kier alpha value is -1.70. The van der Waals surface area contributed by atoms with Crippen molar-refractivity contribution in [2.24, 2.45) is 4.99 Å². The average molecular weight is 186 g/mol. The third-order valence-corrected chi connectivity index (χ3v) is 1.99. The van der Waals surface area contributed by atoms with Crippen molar-refractivity contribution < 1.29 is 0 Å². The molecular formula is C12H14N2. The van der Waals surface area contributed by atoms with Crippen molar-refractivity contribution in [3.63, 3.8) is 0 Å². The van der Waals surface area contributed by atoms with Crippen LogP contribution in [0.15, 0.2) is 35.5 Å². The van der Waals surface area contributed by atoms with Crippen LogP contribution in [0.4, 0.5) is 0 Å². The molecule has 1 aromatic rings. The van der Waals surface area contributed by atoms with Crippen LogP contribution in [0.3, 0.4) is 0 Å². The van der Waals surface area contributed by atoms with Gasteiger partial charge in [-0.15, -0.1) is 0 Å². The van der Waals surface area contributed by atoms with Gasteiger partial charge < -0.3 is 5.41 Å². The Kier molecular flexibility index (Phi) is 3.35. The SMILES string of the molecule is C=N/C=C(\C(C)=N)c1ccc(C)cc1. The normalized spacial score (nSPS) is 11.1. The van der Waals surface area contributed by atoms with Crippen molar-refractivity contribution in [2.75, 3.05) is 0 Å². The minimum Gasteiger partial charge on any atom is -0.305 e. The van der Waals surface area contributed by atoms with Crippen LogP contribution < -0.4 is 0 Å². The van der Waals surface area contributed by atoms with Crippen LogP contribution in [-0.4, -0.2) is 12.4 Å². The molecule has 14 heavy (non-hydrogen) atoms. The van der Waals surface area contributed by atoms with E-state index in [0.29, 0.717) is 5.71 Å². The molecule has 0 unspecified atom stereocenters. The molecule has 0 aliphatic heterocycles. The molecule has 0 aromatic heterocycles. The zero-order chi connectivity index (χ0) is 10.6. The average Bonchev–Trinajstić information content (AvgIpc) is 2.15. The standard InChI is InChI=1S/C12H14N2/c1-9-4-6-11(7-5-9)12(8-14-3)10(2)13/h4-8,13H,3H2,1-2H3/b12-8+,13-10?. The van der Waals surface area contributed by atoms with E-state index in [1.807, 2.05) is 31.2 Å². The van der Waals surface area contributed by atoms with Crippen molar-refractivity contribution >= 4 is 18.0 Å². The first-order valence-corrected chi connectivity index (χ1v) is 4.43. The maximum atomic E-state index is 7.59. The van der Waals surface area contributed by atoms with E-state index in [2.05, 4.69) is 11.7 Å². The van der Waals surface area contributed by atoms with E-state index in [4.69, 9.17) is 5.41 Å². The first-order valence-electron chi connectivity index (χ1n) is 4.43. The lowest BCUT2D eigenvalue weighted by molar-refractivity contribution is 1.43. The minimum atomic E-state index is 0.501. The number of nitrogens with one attached hydrogen (secondary N) is 1. The van der Waals surface area contributed by atoms with Gasteiger partial charge in [0.05, 0.1) is 0 Å². The number of aryl methyl sites for hydroxylation is 1. The van der Waals surface area contributed by atoms with E-state index in [1.54, 1.807) is 13.1 Å². The van der Waals surface area contributed by atoms with Crippen LogP contribution in [0.1, 0.15) is 18.1 Å². The predicted molar refractivity (Wildman–Crippen MR) is 62.1 cm³/mol. The summed E-state index contributed by atoms with van der Waals surface area (Å²) in [5.41, 5.74) is 3.54. The Morgan fingerprint density at radius 3 is 2.36 bits per heavy atom. The Balaban J connectivity index is 3.12. The summed E-state index contributed by atoms with van der Waals surface area (Å²) in [6, 6.07) is 8.03. The molecule has 0 radical (unpaired) electrons. The lowest BCUT2D eigenvalue weighted by Crippen LogP contribution is -1.94. The topological polar surface area (TPSA) is 36.2 Å². The summed E-state index contributed by atoms with van der Waals surface area (Å²) < 4.78 is 0. The lowest BCUT2D eigenvalue weighted by atomic mass is 10.0. The van der Waals surface area contributed by atoms with Crippen LogP contribution in [0, 0.1) is 12.3 Å². The van der Waals surface area contributed by atoms with Crippen molar-refractivity contribution in [3.05, 3.63) is 41.6 Å². The van der Waals surface area contributed by atoms with Crippen molar-refractivity contribution in [3.8, 4) is 0 Å². The maximum Gasteiger partial charge on any atom is 0.0376 e. The molecule has 0 saturated carbocycles. The van der Waals surface area contributed by atoms with Gasteiger partial charge in [0, 0.05) is 17.5 Å². The predicted octanol–water partition coefficient (Wildman–Crippen LogP) is 3.08. The molecule has 0 amide bonds. The highest BCUT2D eigenvalue weighted by Gasteiger charge is 2.02. The van der Waals surface area contributed by atoms with E-state index in [-0.39, 0.29) is 0 Å². The van der Waals surface area contributed by atoms with Gasteiger partial charge in [0.25, 0.3) is 0 Å². The summed E-state index contributed by atoms with van der Waals surface area (Å²) in [6.07, 6.45) is 1.62. The number of allylic oxidation sites excluding steroid dienone is 1. The molecule has 2 heteroatoms. The summed E-state index contributed by atoms with van der Waals surface area (Å²) in [5, 5.41) is 7.59. The van der Waals surface area contributed by atoms with Gasteiger partial charge in [-0.25, -0.2) is 0 Å². The van der Waals surface area contributed by atoms with Crippen molar-refractivity contribution in [1.29, 1.82) is 5.41 Å². The molecule has 0 heterocycles. The number of hydrogen-bond acceptors (Lipinski definition) is 2. The first kappa shape index (κ1) is 10.4. The third-order valence-electron chi connectivity index (χ3n) is 1.99. The monoisotopic (exact) mass is 186 g/mol. The fraction of sp³-hybridized carbons (Fsp3) is 0.167. The highest BCUT2D eigenvalue weighted by molar-refractivity contribution is 6.21. The quantitative estimate of drug-likeness (QED) is 0.704. The van der Waals surface area contributed by atoms with Crippen LogP contribution in [0.5, 0.6) is 0 Å². The molecule has 0 bridgehead atoms. The van der Waals surface area contributed by atoms with E-state index in [9.17, 15) is 0 Å². The largest absolute Gasteiger partial charge is 0.305 e. The maximum absolute atomic E-state index is 7.59. The van der Waals surface area contributed by atoms with Crippen molar-refractivity contribution in [1.82, 2.24) is 0 Å². The first-order chi connectivity index (χ1) is 6.65. The van der Waals surface area contributed by atoms with Gasteiger partial charge in [-0.2, -0.15) is 0 Å². The van der Waals surface area contributed by atoms with Crippen LogP contribution in [0.25, 0.3) is 5.57 Å². The van der Waals surface area contributed by atoms with E-state index < -0.39 is 0 Å². The molecule has 1 rings (SSSR count). The second kappa shape index (κ2) is 4.51. The Morgan fingerprint density at radius 2 is 1.93 bits per heavy atom. The van der Waals surface area contributed by atoms with Gasteiger partial charge in [-0.05, 0) is 26.1 Å². The van der Waals surface area contributed by atoms with Crippen molar-refractivity contribution in [2.45, 2.75) is 13.8 Å². The molecule has 72 valence electrons. The summed E-state index contributed by atoms with van der Waals surface area (Å²) in [4.78, 5) is 3.70. The zero-order valence-electron chi connectivity index (χ0n) is 8.54. The van der Waals surface area contributed by atoms with Gasteiger partial charge >= 0.3 is 0 Å². The number of rotatable bonds is 3. The Labute approximate surface area is 84.5 Å². The zero-order valence-corrected chi connectivity index (χ0v) is 8.54. The number of aliphatic imine (C=N–C) groups is 1. The molecule has 0 saturated heterocycles. The highest BCUT2D eigenvalue weighted by Crippen LogP contribution is 2.16. The summed E-state index contributed by atoms with van der Waals surface area (Å²) in [6.45, 7) is 7.19. The number of benzene rings is 1. The van der Waals surface area contributed by atoms with E-state index >= 15 is 0 Å². The third kappa shape index (κ3) is 2.39. The fourth-order valence-electron chi connectivity index (χ4n) is 1.21. The molecule has 0 fully saturated rings. The second-order valence-corrected chi connectivity index (χ2v) is 3.22. The molecular weight excluding hydrogens is 172 g/mol. The van der Waals surface area contributed by atoms with Crippen LogP contribution in [-0.2, 0) is 0 Å². The Bertz CT molecular complexity index is 372. The summed E-state index contributed by atoms with van der Waals surface area (Å²) in [7, 11) is 0. The molecule has 0 atom stereocenters. The second-order valence-electron chi connectivity index (χ2n) is 3.22. The molecule has 0 aliphatic carbocycles. The van der Waals surface area contributed by atoms with Crippen LogP contribution >= 0.6 is 0 Å². The van der Waals surface area contributed by atoms with E-state index in [1.165, 1.54) is 5.56 Å². The molecule has 0 spiro atoms. The summed E-state index contributed by atoms with van der Waals surface area (Å²) in [5.74, 6) is 0. The molecule has 0 aliphatic rings. The number of nitrogens with zero attached hydrogens (tertiary/aromatic N) is 1.